The number of aromatic nitrogens is 2. The van der Waals surface area contributed by atoms with Crippen LogP contribution in [-0.4, -0.2) is 21.8 Å². The van der Waals surface area contributed by atoms with Crippen molar-refractivity contribution in [2.24, 2.45) is 0 Å². The molecule has 0 aliphatic heterocycles. The quantitative estimate of drug-likeness (QED) is 0.606. The first-order chi connectivity index (χ1) is 14.0. The largest absolute Gasteiger partial charge is 0.307 e. The lowest BCUT2D eigenvalue weighted by Gasteiger charge is -2.13. The molecule has 0 radical (unpaired) electrons. The SMILES string of the molecule is C=CC(=O)Nc1ccc(-c2cccc([C@H](C)C(=O)Nc3ncc(C#N)s3)c2)cn1. The van der Waals surface area contributed by atoms with Crippen molar-refractivity contribution < 1.29 is 9.59 Å². The van der Waals surface area contributed by atoms with E-state index in [1.165, 1.54) is 12.3 Å². The molecule has 1 atom stereocenters. The zero-order valence-corrected chi connectivity index (χ0v) is 16.4. The van der Waals surface area contributed by atoms with Crippen molar-refractivity contribution >= 4 is 34.1 Å². The van der Waals surface area contributed by atoms with Gasteiger partial charge in [-0.05, 0) is 36.3 Å². The first kappa shape index (κ1) is 19.9. The van der Waals surface area contributed by atoms with Gasteiger partial charge in [0.2, 0.25) is 11.8 Å². The molecule has 0 saturated heterocycles. The Labute approximate surface area is 171 Å². The Bertz CT molecular complexity index is 1100. The second-order valence-electron chi connectivity index (χ2n) is 6.10. The van der Waals surface area contributed by atoms with Crippen LogP contribution in [0.4, 0.5) is 10.9 Å². The molecule has 3 aromatic rings. The number of hydrogen-bond acceptors (Lipinski definition) is 6. The fourth-order valence-corrected chi connectivity index (χ4v) is 3.17. The first-order valence-corrected chi connectivity index (χ1v) is 9.48. The highest BCUT2D eigenvalue weighted by atomic mass is 32.1. The summed E-state index contributed by atoms with van der Waals surface area (Å²) in [6, 6.07) is 13.1. The van der Waals surface area contributed by atoms with E-state index in [1.807, 2.05) is 36.4 Å². The van der Waals surface area contributed by atoms with Crippen LogP contribution >= 0.6 is 11.3 Å². The lowest BCUT2D eigenvalue weighted by molar-refractivity contribution is -0.117. The van der Waals surface area contributed by atoms with Crippen LogP contribution in [0.2, 0.25) is 0 Å². The van der Waals surface area contributed by atoms with Crippen molar-refractivity contribution in [3.8, 4) is 17.2 Å². The van der Waals surface area contributed by atoms with Crippen LogP contribution in [0, 0.1) is 11.3 Å². The lowest BCUT2D eigenvalue weighted by atomic mass is 9.96. The standard InChI is InChI=1S/C21H17N5O2S/c1-3-19(27)25-18-8-7-16(11-23-18)15-6-4-5-14(9-15)13(2)20(28)26-21-24-12-17(10-22)29-21/h3-9,11-13H,1H2,2H3,(H,23,25,27)(H,24,26,28)/t13-/m0/s1. The molecule has 3 rings (SSSR count). The second-order valence-corrected chi connectivity index (χ2v) is 7.13. The maximum absolute atomic E-state index is 12.5. The number of carbonyl (C=O) groups excluding carboxylic acids is 2. The van der Waals surface area contributed by atoms with Crippen molar-refractivity contribution in [3.05, 3.63) is 71.9 Å². The van der Waals surface area contributed by atoms with Gasteiger partial charge in [0.15, 0.2) is 5.13 Å². The van der Waals surface area contributed by atoms with Gasteiger partial charge in [-0.3, -0.25) is 9.59 Å². The molecule has 0 bridgehead atoms. The highest BCUT2D eigenvalue weighted by Crippen LogP contribution is 2.26. The van der Waals surface area contributed by atoms with Crippen LogP contribution in [0.15, 0.2) is 61.4 Å². The number of amides is 2. The van der Waals surface area contributed by atoms with Crippen molar-refractivity contribution in [3.63, 3.8) is 0 Å². The summed E-state index contributed by atoms with van der Waals surface area (Å²) in [5.74, 6) is -0.512. The molecule has 144 valence electrons. The van der Waals surface area contributed by atoms with Gasteiger partial charge < -0.3 is 10.6 Å². The fraction of sp³-hybridized carbons (Fsp3) is 0.0952. The van der Waals surface area contributed by atoms with Gasteiger partial charge in [-0.1, -0.05) is 42.2 Å². The number of rotatable bonds is 6. The molecule has 0 saturated carbocycles. The Morgan fingerprint density at radius 1 is 1.17 bits per heavy atom. The van der Waals surface area contributed by atoms with Crippen molar-refractivity contribution in [2.45, 2.75) is 12.8 Å². The maximum Gasteiger partial charge on any atom is 0.248 e. The molecule has 0 fully saturated rings. The number of benzene rings is 1. The predicted molar refractivity (Wildman–Crippen MR) is 112 cm³/mol. The third kappa shape index (κ3) is 4.91. The number of nitrogens with zero attached hydrogens (tertiary/aromatic N) is 3. The van der Waals surface area contributed by atoms with Gasteiger partial charge in [0.05, 0.1) is 12.1 Å². The minimum atomic E-state index is -0.413. The van der Waals surface area contributed by atoms with Gasteiger partial charge >= 0.3 is 0 Å². The van der Waals surface area contributed by atoms with E-state index in [1.54, 1.807) is 19.2 Å². The molecule has 0 unspecified atom stereocenters. The number of carbonyl (C=O) groups is 2. The monoisotopic (exact) mass is 403 g/mol. The Hall–Kier alpha value is -3.83. The van der Waals surface area contributed by atoms with Crippen LogP contribution in [0.1, 0.15) is 23.3 Å². The molecule has 2 heterocycles. The maximum atomic E-state index is 12.5. The van der Waals surface area contributed by atoms with Crippen LogP contribution in [0.5, 0.6) is 0 Å². The number of hydrogen-bond donors (Lipinski definition) is 2. The van der Waals surface area contributed by atoms with Gasteiger partial charge in [0.25, 0.3) is 0 Å². The lowest BCUT2D eigenvalue weighted by Crippen LogP contribution is -2.18. The third-order valence-electron chi connectivity index (χ3n) is 4.16. The number of pyridine rings is 1. The van der Waals surface area contributed by atoms with Crippen molar-refractivity contribution in [1.82, 2.24) is 9.97 Å². The average molecular weight is 403 g/mol. The number of nitriles is 1. The molecular weight excluding hydrogens is 386 g/mol. The van der Waals surface area contributed by atoms with E-state index < -0.39 is 5.92 Å². The summed E-state index contributed by atoms with van der Waals surface area (Å²) < 4.78 is 0. The van der Waals surface area contributed by atoms with Crippen molar-refractivity contribution in [2.75, 3.05) is 10.6 Å². The van der Waals surface area contributed by atoms with Crippen LogP contribution in [0.3, 0.4) is 0 Å². The Kier molecular flexibility index (Phi) is 6.12. The summed E-state index contributed by atoms with van der Waals surface area (Å²) >= 11 is 1.13. The zero-order chi connectivity index (χ0) is 20.8. The molecule has 1 aromatic carbocycles. The molecule has 2 amide bonds. The molecule has 2 aromatic heterocycles. The van der Waals surface area contributed by atoms with E-state index in [9.17, 15) is 9.59 Å². The van der Waals surface area contributed by atoms with E-state index in [2.05, 4.69) is 27.2 Å². The smallest absolute Gasteiger partial charge is 0.248 e. The summed E-state index contributed by atoms with van der Waals surface area (Å²) in [6.07, 6.45) is 4.26. The van der Waals surface area contributed by atoms with Gasteiger partial charge in [-0.15, -0.1) is 0 Å². The molecule has 29 heavy (non-hydrogen) atoms. The third-order valence-corrected chi connectivity index (χ3v) is 4.98. The molecule has 8 heteroatoms. The molecular formula is C21H17N5O2S. The molecule has 0 aliphatic rings. The first-order valence-electron chi connectivity index (χ1n) is 8.66. The summed E-state index contributed by atoms with van der Waals surface area (Å²) in [4.78, 5) is 32.6. The van der Waals surface area contributed by atoms with Crippen molar-refractivity contribution in [1.29, 1.82) is 5.26 Å². The molecule has 0 aliphatic carbocycles. The van der Waals surface area contributed by atoms with E-state index >= 15 is 0 Å². The Morgan fingerprint density at radius 2 is 2.00 bits per heavy atom. The summed E-state index contributed by atoms with van der Waals surface area (Å²) in [5.41, 5.74) is 2.59. The minimum Gasteiger partial charge on any atom is -0.307 e. The van der Waals surface area contributed by atoms with Gasteiger partial charge in [0.1, 0.15) is 16.8 Å². The summed E-state index contributed by atoms with van der Waals surface area (Å²) in [7, 11) is 0. The second kappa shape index (κ2) is 8.91. The van der Waals surface area contributed by atoms with Crippen LogP contribution < -0.4 is 10.6 Å². The number of anilines is 2. The molecule has 2 N–H and O–H groups in total. The van der Waals surface area contributed by atoms with Gasteiger partial charge in [-0.25, -0.2) is 9.97 Å². The Balaban J connectivity index is 1.74. The van der Waals surface area contributed by atoms with E-state index in [0.29, 0.717) is 15.8 Å². The highest BCUT2D eigenvalue weighted by molar-refractivity contribution is 7.16. The van der Waals surface area contributed by atoms with E-state index in [-0.39, 0.29) is 11.8 Å². The van der Waals surface area contributed by atoms with Gasteiger partial charge in [-0.2, -0.15) is 5.26 Å². The highest BCUT2D eigenvalue weighted by Gasteiger charge is 2.17. The minimum absolute atomic E-state index is 0.207. The average Bonchev–Trinajstić information content (AvgIpc) is 3.21. The topological polar surface area (TPSA) is 108 Å². The fourth-order valence-electron chi connectivity index (χ4n) is 2.55. The van der Waals surface area contributed by atoms with Crippen LogP contribution in [0.25, 0.3) is 11.1 Å². The normalized spacial score (nSPS) is 11.2. The number of thiazole rings is 1. The zero-order valence-electron chi connectivity index (χ0n) is 15.5. The van der Waals surface area contributed by atoms with Crippen LogP contribution in [-0.2, 0) is 9.59 Å². The predicted octanol–water partition coefficient (Wildman–Crippen LogP) is 3.94. The van der Waals surface area contributed by atoms with E-state index in [4.69, 9.17) is 5.26 Å². The van der Waals surface area contributed by atoms with Gasteiger partial charge in [0, 0.05) is 11.8 Å². The molecule has 0 spiro atoms. The summed E-state index contributed by atoms with van der Waals surface area (Å²) in [6.45, 7) is 5.21. The van der Waals surface area contributed by atoms with E-state index in [0.717, 1.165) is 28.0 Å². The Morgan fingerprint density at radius 3 is 2.66 bits per heavy atom. The molecule has 7 nitrogen and oxygen atoms in total. The number of nitrogens with one attached hydrogen (secondary N) is 2. The summed E-state index contributed by atoms with van der Waals surface area (Å²) in [5, 5.41) is 14.6.